The number of hydrogen-bond acceptors (Lipinski definition) is 4. The second-order valence-electron chi connectivity index (χ2n) is 7.00. The van der Waals surface area contributed by atoms with Crippen LogP contribution < -0.4 is 14.7 Å². The predicted molar refractivity (Wildman–Crippen MR) is 95.9 cm³/mol. The zero-order valence-electron chi connectivity index (χ0n) is 14.2. The lowest BCUT2D eigenvalue weighted by Crippen LogP contribution is -3.12. The zero-order chi connectivity index (χ0) is 17.4. The molecule has 1 saturated heterocycles. The summed E-state index contributed by atoms with van der Waals surface area (Å²) >= 11 is 1.55. The number of carbonyl (C=O) groups excluding carboxylic acids is 1. The number of piperidine rings is 1. The van der Waals surface area contributed by atoms with Gasteiger partial charge in [0.25, 0.3) is 0 Å². The highest BCUT2D eigenvalue weighted by molar-refractivity contribution is 7.10. The molecule has 0 bridgehead atoms. The Kier molecular flexibility index (Phi) is 4.36. The summed E-state index contributed by atoms with van der Waals surface area (Å²) in [5.41, 5.74) is 1.16. The van der Waals surface area contributed by atoms with Crippen molar-refractivity contribution < 1.29 is 19.5 Å². The van der Waals surface area contributed by atoms with E-state index in [1.54, 1.807) is 23.5 Å². The molecule has 1 fully saturated rings. The first kappa shape index (κ1) is 16.4. The topological polar surface area (TPSA) is 53.8 Å². The molecule has 1 N–H and O–H groups in total. The minimum atomic E-state index is -0.133. The van der Waals surface area contributed by atoms with E-state index in [1.807, 2.05) is 17.5 Å². The van der Waals surface area contributed by atoms with Crippen molar-refractivity contribution >= 4 is 23.2 Å². The number of thiophene rings is 1. The molecule has 2 aliphatic heterocycles. The van der Waals surface area contributed by atoms with Crippen molar-refractivity contribution in [1.82, 2.24) is 0 Å². The number of allylic oxidation sites excluding steroid dienone is 1. The van der Waals surface area contributed by atoms with E-state index < -0.39 is 0 Å². The van der Waals surface area contributed by atoms with Crippen LogP contribution in [0.2, 0.25) is 0 Å². The molecule has 0 radical (unpaired) electrons. The van der Waals surface area contributed by atoms with Gasteiger partial charge in [-0.3, -0.25) is 4.79 Å². The number of likely N-dealkylation sites (tertiary alicyclic amines) is 1. The van der Waals surface area contributed by atoms with Gasteiger partial charge in [-0.2, -0.15) is 0 Å². The maximum absolute atomic E-state index is 12.6. The van der Waals surface area contributed by atoms with E-state index in [0.29, 0.717) is 35.1 Å². The molecule has 2 aliphatic rings. The molecule has 0 aliphatic carbocycles. The second-order valence-corrected chi connectivity index (χ2v) is 7.98. The lowest BCUT2D eigenvalue weighted by atomic mass is 9.99. The normalized spacial score (nSPS) is 24.4. The van der Waals surface area contributed by atoms with Crippen molar-refractivity contribution in [3.63, 3.8) is 0 Å². The van der Waals surface area contributed by atoms with Crippen LogP contribution in [0.1, 0.15) is 40.6 Å². The largest absolute Gasteiger partial charge is 0.872 e. The molecular formula is C20H21NO3S. The van der Waals surface area contributed by atoms with E-state index in [4.69, 9.17) is 4.74 Å². The molecular weight excluding hydrogens is 334 g/mol. The first-order valence-electron chi connectivity index (χ1n) is 8.76. The van der Waals surface area contributed by atoms with E-state index in [-0.39, 0.29) is 11.5 Å². The molecule has 4 nitrogen and oxygen atoms in total. The van der Waals surface area contributed by atoms with Gasteiger partial charge in [-0.05, 0) is 30.4 Å². The first-order chi connectivity index (χ1) is 12.1. The Morgan fingerprint density at radius 2 is 2.28 bits per heavy atom. The SMILES string of the molecule is CC1CCC[NH+](Cc2c([O-])ccc3c2O/C(=C\c2cccs2)C3=O)C1. The van der Waals surface area contributed by atoms with Gasteiger partial charge in [0.15, 0.2) is 5.76 Å². The number of rotatable bonds is 3. The van der Waals surface area contributed by atoms with E-state index in [1.165, 1.54) is 23.8 Å². The number of nitrogens with one attached hydrogen (secondary N) is 1. The minimum absolute atomic E-state index is 0.0327. The van der Waals surface area contributed by atoms with E-state index in [2.05, 4.69) is 6.92 Å². The highest BCUT2D eigenvalue weighted by atomic mass is 32.1. The van der Waals surface area contributed by atoms with Crippen molar-refractivity contribution in [3.05, 3.63) is 51.4 Å². The van der Waals surface area contributed by atoms with Crippen molar-refractivity contribution in [2.45, 2.75) is 26.3 Å². The number of carbonyl (C=O) groups is 1. The van der Waals surface area contributed by atoms with Crippen LogP contribution in [-0.4, -0.2) is 18.9 Å². The highest BCUT2D eigenvalue weighted by Gasteiger charge is 2.31. The zero-order valence-corrected chi connectivity index (χ0v) is 15.0. The van der Waals surface area contributed by atoms with Gasteiger partial charge >= 0.3 is 0 Å². The fraction of sp³-hybridized carbons (Fsp3) is 0.350. The summed E-state index contributed by atoms with van der Waals surface area (Å²) in [5, 5.41) is 14.4. The Bertz CT molecular complexity index is 826. The van der Waals surface area contributed by atoms with Gasteiger partial charge in [-0.1, -0.05) is 24.8 Å². The van der Waals surface area contributed by atoms with Crippen molar-refractivity contribution in [3.8, 4) is 11.5 Å². The van der Waals surface area contributed by atoms with Gasteiger partial charge in [0.1, 0.15) is 12.3 Å². The van der Waals surface area contributed by atoms with E-state index in [9.17, 15) is 9.90 Å². The average Bonchev–Trinajstić information content (AvgIpc) is 3.20. The summed E-state index contributed by atoms with van der Waals surface area (Å²) in [7, 11) is 0. The van der Waals surface area contributed by atoms with Crippen LogP contribution in [0.25, 0.3) is 6.08 Å². The molecule has 4 rings (SSSR count). The minimum Gasteiger partial charge on any atom is -0.872 e. The molecule has 25 heavy (non-hydrogen) atoms. The molecule has 5 heteroatoms. The van der Waals surface area contributed by atoms with Gasteiger partial charge in [0.05, 0.1) is 18.7 Å². The number of ether oxygens (including phenoxy) is 1. The molecule has 2 atom stereocenters. The first-order valence-corrected chi connectivity index (χ1v) is 9.64. The van der Waals surface area contributed by atoms with E-state index in [0.717, 1.165) is 18.0 Å². The fourth-order valence-corrected chi connectivity index (χ4v) is 4.41. The van der Waals surface area contributed by atoms with Gasteiger partial charge in [-0.15, -0.1) is 11.3 Å². The summed E-state index contributed by atoms with van der Waals surface area (Å²) in [6, 6.07) is 6.99. The van der Waals surface area contributed by atoms with Gasteiger partial charge < -0.3 is 14.7 Å². The van der Waals surface area contributed by atoms with Crippen LogP contribution in [0.3, 0.4) is 0 Å². The van der Waals surface area contributed by atoms with Gasteiger partial charge in [0, 0.05) is 22.4 Å². The van der Waals surface area contributed by atoms with Gasteiger partial charge in [-0.25, -0.2) is 0 Å². The molecule has 0 saturated carbocycles. The Hall–Kier alpha value is -2.11. The Labute approximate surface area is 151 Å². The lowest BCUT2D eigenvalue weighted by Gasteiger charge is -2.29. The summed E-state index contributed by atoms with van der Waals surface area (Å²) < 4.78 is 5.88. The van der Waals surface area contributed by atoms with Crippen LogP contribution in [-0.2, 0) is 6.54 Å². The molecule has 1 aromatic heterocycles. The Morgan fingerprint density at radius 1 is 1.40 bits per heavy atom. The smallest absolute Gasteiger partial charge is 0.232 e. The predicted octanol–water partition coefficient (Wildman–Crippen LogP) is 2.25. The number of ketones is 1. The second kappa shape index (κ2) is 6.65. The quantitative estimate of drug-likeness (QED) is 0.860. The molecule has 0 amide bonds. The Morgan fingerprint density at radius 3 is 3.04 bits per heavy atom. The lowest BCUT2D eigenvalue weighted by molar-refractivity contribution is -0.922. The van der Waals surface area contributed by atoms with Crippen LogP contribution in [0.4, 0.5) is 0 Å². The maximum Gasteiger partial charge on any atom is 0.232 e. The molecule has 2 aromatic rings. The number of fused-ring (bicyclic) bond motifs is 1. The highest BCUT2D eigenvalue weighted by Crippen LogP contribution is 2.38. The third kappa shape index (κ3) is 3.22. The monoisotopic (exact) mass is 355 g/mol. The summed E-state index contributed by atoms with van der Waals surface area (Å²) in [5.74, 6) is 1.30. The summed E-state index contributed by atoms with van der Waals surface area (Å²) in [6.07, 6.45) is 4.20. The molecule has 2 unspecified atom stereocenters. The fourth-order valence-electron chi connectivity index (χ4n) is 3.77. The van der Waals surface area contributed by atoms with Crippen LogP contribution >= 0.6 is 11.3 Å². The summed E-state index contributed by atoms with van der Waals surface area (Å²) in [4.78, 5) is 15.0. The Balaban J connectivity index is 1.64. The van der Waals surface area contributed by atoms with Gasteiger partial charge in [0.2, 0.25) is 5.78 Å². The third-order valence-corrected chi connectivity index (χ3v) is 5.82. The number of quaternary nitrogens is 1. The molecule has 0 spiro atoms. The van der Waals surface area contributed by atoms with Crippen LogP contribution in [0, 0.1) is 5.92 Å². The van der Waals surface area contributed by atoms with Crippen LogP contribution in [0.5, 0.6) is 11.5 Å². The van der Waals surface area contributed by atoms with Crippen molar-refractivity contribution in [1.29, 1.82) is 0 Å². The van der Waals surface area contributed by atoms with Crippen molar-refractivity contribution in [2.24, 2.45) is 5.92 Å². The van der Waals surface area contributed by atoms with Crippen LogP contribution in [0.15, 0.2) is 35.4 Å². The third-order valence-electron chi connectivity index (χ3n) is 5.01. The molecule has 130 valence electrons. The number of benzene rings is 1. The molecule has 1 aromatic carbocycles. The average molecular weight is 355 g/mol. The number of hydrogen-bond donors (Lipinski definition) is 1. The maximum atomic E-state index is 12.6. The molecule has 3 heterocycles. The van der Waals surface area contributed by atoms with Crippen molar-refractivity contribution in [2.75, 3.05) is 13.1 Å². The standard InChI is InChI=1S/C20H21NO3S/c1-13-4-2-8-21(11-13)12-16-17(22)7-6-15-19(23)18(24-20(15)16)10-14-5-3-9-25-14/h3,5-7,9-10,13,22H,2,4,8,11-12H2,1H3/b18-10-. The van der Waals surface area contributed by atoms with E-state index >= 15 is 0 Å². The summed E-state index contributed by atoms with van der Waals surface area (Å²) in [6.45, 7) is 5.02. The number of Topliss-reactive ketones (excluding diaryl/α,β-unsaturated/α-hetero) is 1.